The Balaban J connectivity index is 1.20. The lowest BCUT2D eigenvalue weighted by Crippen LogP contribution is -2.54. The number of esters is 1. The Morgan fingerprint density at radius 3 is 2.44 bits per heavy atom. The van der Waals surface area contributed by atoms with Crippen LogP contribution in [0, 0.1) is 5.92 Å². The molecule has 2 aromatic rings. The van der Waals surface area contributed by atoms with Gasteiger partial charge in [-0.2, -0.15) is 0 Å². The van der Waals surface area contributed by atoms with Crippen LogP contribution in [0.2, 0.25) is 0 Å². The Labute approximate surface area is 203 Å². The third-order valence-electron chi connectivity index (χ3n) is 7.57. The van der Waals surface area contributed by atoms with Gasteiger partial charge in [-0.1, -0.05) is 61.0 Å². The molecule has 2 aromatic carbocycles. The second kappa shape index (κ2) is 10.3. The summed E-state index contributed by atoms with van der Waals surface area (Å²) in [4.78, 5) is 18.5. The fourth-order valence-corrected chi connectivity index (χ4v) is 5.44. The lowest BCUT2D eigenvalue weighted by molar-refractivity contribution is -0.167. The van der Waals surface area contributed by atoms with Gasteiger partial charge in [-0.15, -0.1) is 0 Å². The Bertz CT molecular complexity index is 987. The molecule has 2 saturated heterocycles. The zero-order valence-electron chi connectivity index (χ0n) is 20.2. The molecule has 3 aliphatic rings. The summed E-state index contributed by atoms with van der Waals surface area (Å²) in [7, 11) is 0. The minimum absolute atomic E-state index is 0.0980. The summed E-state index contributed by atoms with van der Waals surface area (Å²) in [5.74, 6) is 1.12. The van der Waals surface area contributed by atoms with Crippen molar-refractivity contribution in [2.24, 2.45) is 5.92 Å². The van der Waals surface area contributed by atoms with E-state index < -0.39 is 5.54 Å². The molecule has 5 rings (SSSR count). The third-order valence-corrected chi connectivity index (χ3v) is 7.57. The second-order valence-electron chi connectivity index (χ2n) is 9.95. The number of hydrogen-bond donors (Lipinski definition) is 0. The van der Waals surface area contributed by atoms with Crippen molar-refractivity contribution in [3.63, 3.8) is 0 Å². The maximum atomic E-state index is 13.8. The summed E-state index contributed by atoms with van der Waals surface area (Å²) in [6.45, 7) is 7.32. The van der Waals surface area contributed by atoms with E-state index in [0.29, 0.717) is 12.5 Å². The summed E-state index contributed by atoms with van der Waals surface area (Å²) in [6.07, 6.45) is 6.62. The van der Waals surface area contributed by atoms with Crippen LogP contribution in [0.3, 0.4) is 0 Å². The van der Waals surface area contributed by atoms with Crippen LogP contribution in [-0.2, 0) is 15.1 Å². The Morgan fingerprint density at radius 1 is 1.00 bits per heavy atom. The number of nitrogens with zero attached hydrogens (tertiary/aromatic N) is 2. The van der Waals surface area contributed by atoms with E-state index in [-0.39, 0.29) is 12.1 Å². The summed E-state index contributed by atoms with van der Waals surface area (Å²) in [5, 5.41) is 0. The first kappa shape index (κ1) is 23.1. The van der Waals surface area contributed by atoms with Gasteiger partial charge in [0.25, 0.3) is 0 Å². The predicted molar refractivity (Wildman–Crippen MR) is 134 cm³/mol. The second-order valence-corrected chi connectivity index (χ2v) is 9.95. The lowest BCUT2D eigenvalue weighted by Gasteiger charge is -2.43. The number of piperidine rings is 2. The van der Waals surface area contributed by atoms with Crippen LogP contribution < -0.4 is 4.74 Å². The summed E-state index contributed by atoms with van der Waals surface area (Å²) >= 11 is 0. The van der Waals surface area contributed by atoms with E-state index in [1.165, 1.54) is 12.0 Å². The summed E-state index contributed by atoms with van der Waals surface area (Å²) < 4.78 is 12.2. The molecule has 180 valence electrons. The molecule has 5 nitrogen and oxygen atoms in total. The molecule has 1 aliphatic carbocycles. The van der Waals surface area contributed by atoms with Gasteiger partial charge in [0.1, 0.15) is 17.4 Å². The van der Waals surface area contributed by atoms with Gasteiger partial charge >= 0.3 is 5.97 Å². The monoisotopic (exact) mass is 460 g/mol. The normalized spacial score (nSPS) is 24.4. The van der Waals surface area contributed by atoms with Gasteiger partial charge < -0.3 is 9.47 Å². The van der Waals surface area contributed by atoms with Crippen molar-refractivity contribution in [1.29, 1.82) is 0 Å². The van der Waals surface area contributed by atoms with Crippen molar-refractivity contribution < 1.29 is 14.3 Å². The number of likely N-dealkylation sites (tertiary alicyclic amines) is 2. The summed E-state index contributed by atoms with van der Waals surface area (Å²) in [6, 6.07) is 20.1. The Kier molecular flexibility index (Phi) is 7.02. The zero-order valence-corrected chi connectivity index (χ0v) is 20.2. The van der Waals surface area contributed by atoms with Crippen molar-refractivity contribution in [3.05, 3.63) is 77.9 Å². The van der Waals surface area contributed by atoms with Crippen LogP contribution in [-0.4, -0.2) is 61.2 Å². The molecule has 34 heavy (non-hydrogen) atoms. The Hall–Kier alpha value is -2.63. The molecular weight excluding hydrogens is 424 g/mol. The van der Waals surface area contributed by atoms with Crippen LogP contribution in [0.1, 0.15) is 38.2 Å². The Morgan fingerprint density at radius 2 is 1.71 bits per heavy atom. The number of ether oxygens (including phenoxy) is 2. The van der Waals surface area contributed by atoms with Crippen molar-refractivity contribution in [1.82, 2.24) is 9.80 Å². The molecule has 1 unspecified atom stereocenters. The first-order valence-electron chi connectivity index (χ1n) is 12.8. The molecule has 5 heteroatoms. The van der Waals surface area contributed by atoms with Crippen LogP contribution in [0.25, 0.3) is 0 Å². The molecule has 0 saturated carbocycles. The first-order valence-corrected chi connectivity index (χ1v) is 12.8. The lowest BCUT2D eigenvalue weighted by atomic mass is 9.88. The molecule has 0 aromatic heterocycles. The maximum absolute atomic E-state index is 13.8. The molecule has 0 amide bonds. The third kappa shape index (κ3) is 5.06. The van der Waals surface area contributed by atoms with Crippen LogP contribution >= 0.6 is 0 Å². The van der Waals surface area contributed by atoms with Crippen LogP contribution in [0.15, 0.2) is 72.3 Å². The first-order chi connectivity index (χ1) is 16.6. The molecule has 2 heterocycles. The number of carbonyl (C=O) groups excluding carboxylic acids is 1. The largest absolute Gasteiger partial charge is 0.494 e. The predicted octanol–water partition coefficient (Wildman–Crippen LogP) is 4.64. The number of hydrogen-bond acceptors (Lipinski definition) is 5. The quantitative estimate of drug-likeness (QED) is 0.310. The number of carbonyl (C=O) groups is 1. The fraction of sp³-hybridized carbons (Fsp3) is 0.483. The number of benzene rings is 2. The smallest absolute Gasteiger partial charge is 0.331 e. The van der Waals surface area contributed by atoms with E-state index in [9.17, 15) is 4.79 Å². The average Bonchev–Trinajstić information content (AvgIpc) is 3.68. The van der Waals surface area contributed by atoms with Gasteiger partial charge in [0.2, 0.25) is 0 Å². The molecule has 0 radical (unpaired) electrons. The van der Waals surface area contributed by atoms with E-state index in [1.54, 1.807) is 0 Å². The SMILES string of the molecule is C[C@](C(=O)O[C@H]1CN(CCCOc2ccccc2)CC2=CC21)(c1ccccc1)N1CCCCC1. The minimum Gasteiger partial charge on any atom is -0.494 e. The van der Waals surface area contributed by atoms with Crippen LogP contribution in [0.4, 0.5) is 0 Å². The number of fused-ring (bicyclic) bond motifs is 1. The molecule has 0 bridgehead atoms. The highest BCUT2D eigenvalue weighted by molar-refractivity contribution is 5.82. The van der Waals surface area contributed by atoms with Crippen molar-refractivity contribution in [2.75, 3.05) is 39.3 Å². The highest BCUT2D eigenvalue weighted by Gasteiger charge is 2.47. The van der Waals surface area contributed by atoms with E-state index in [2.05, 4.69) is 34.9 Å². The topological polar surface area (TPSA) is 42.0 Å². The number of para-hydroxylation sites is 1. The zero-order chi connectivity index (χ0) is 23.4. The minimum atomic E-state index is -0.747. The molecule has 0 N–H and O–H groups in total. The van der Waals surface area contributed by atoms with E-state index >= 15 is 0 Å². The van der Waals surface area contributed by atoms with E-state index in [0.717, 1.165) is 63.3 Å². The molecule has 2 aliphatic heterocycles. The highest BCUT2D eigenvalue weighted by Crippen LogP contribution is 2.40. The molecule has 3 atom stereocenters. The molecule has 0 spiro atoms. The van der Waals surface area contributed by atoms with Crippen molar-refractivity contribution in [3.8, 4) is 5.75 Å². The molecular formula is C29H36N2O3. The van der Waals surface area contributed by atoms with Crippen molar-refractivity contribution in [2.45, 2.75) is 44.2 Å². The van der Waals surface area contributed by atoms with Gasteiger partial charge in [-0.25, -0.2) is 4.79 Å². The van der Waals surface area contributed by atoms with Gasteiger partial charge in [-0.05, 0) is 62.5 Å². The van der Waals surface area contributed by atoms with Gasteiger partial charge in [0, 0.05) is 25.6 Å². The van der Waals surface area contributed by atoms with E-state index in [1.807, 2.05) is 48.5 Å². The maximum Gasteiger partial charge on any atom is 0.331 e. The van der Waals surface area contributed by atoms with Gasteiger partial charge in [0.05, 0.1) is 6.61 Å². The average molecular weight is 461 g/mol. The van der Waals surface area contributed by atoms with Gasteiger partial charge in [-0.3, -0.25) is 9.80 Å². The molecule has 2 fully saturated rings. The van der Waals surface area contributed by atoms with Crippen molar-refractivity contribution >= 4 is 5.97 Å². The van der Waals surface area contributed by atoms with Crippen LogP contribution in [0.5, 0.6) is 5.75 Å². The van der Waals surface area contributed by atoms with Gasteiger partial charge in [0.15, 0.2) is 0 Å². The van der Waals surface area contributed by atoms with E-state index in [4.69, 9.17) is 9.47 Å². The highest BCUT2D eigenvalue weighted by atomic mass is 16.5. The summed E-state index contributed by atoms with van der Waals surface area (Å²) in [5.41, 5.74) is 1.69. The number of rotatable bonds is 9. The standard InChI is InChI=1S/C29H36N2O3/c1-29(24-12-5-2-6-13-24,31-17-9-4-10-18-31)28(32)34-27-22-30(21-23-20-26(23)27)16-11-19-33-25-14-7-3-8-15-25/h2-3,5-8,12-15,20,26-27H,4,9-11,16-19,21-22H2,1H3/t26?,27-,29+/m0/s1. The fourth-order valence-electron chi connectivity index (χ4n) is 5.44.